The minimum Gasteiger partial charge on any atom is -0.482 e. The molecule has 2 aromatic carbocycles. The molecule has 0 spiro atoms. The number of benzene rings is 2. The van der Waals surface area contributed by atoms with Crippen LogP contribution in [-0.2, 0) is 6.42 Å². The monoisotopic (exact) mass is 277 g/mol. The van der Waals surface area contributed by atoms with Crippen LogP contribution in [0.25, 0.3) is 10.9 Å². The molecule has 4 rings (SSSR count). The van der Waals surface area contributed by atoms with Crippen molar-refractivity contribution in [2.24, 2.45) is 0 Å². The maximum absolute atomic E-state index is 12.8. The van der Waals surface area contributed by atoms with Gasteiger partial charge in [0.1, 0.15) is 5.75 Å². The first kappa shape index (κ1) is 12.2. The Labute approximate surface area is 122 Å². The molecule has 0 aliphatic carbocycles. The van der Waals surface area contributed by atoms with Crippen molar-refractivity contribution in [3.8, 4) is 5.75 Å². The highest BCUT2D eigenvalue weighted by atomic mass is 16.5. The first-order valence-corrected chi connectivity index (χ1v) is 7.09. The van der Waals surface area contributed by atoms with Gasteiger partial charge in [0.25, 0.3) is 0 Å². The minimum atomic E-state index is -0.416. The van der Waals surface area contributed by atoms with Gasteiger partial charge < -0.3 is 9.72 Å². The van der Waals surface area contributed by atoms with Crippen molar-refractivity contribution in [2.45, 2.75) is 19.4 Å². The van der Waals surface area contributed by atoms with Crippen LogP contribution in [0.2, 0.25) is 0 Å². The van der Waals surface area contributed by atoms with Crippen LogP contribution in [0.1, 0.15) is 21.5 Å². The predicted octanol–water partition coefficient (Wildman–Crippen LogP) is 3.66. The van der Waals surface area contributed by atoms with Crippen molar-refractivity contribution >= 4 is 16.7 Å². The highest BCUT2D eigenvalue weighted by Crippen LogP contribution is 2.31. The number of para-hydroxylation sites is 1. The van der Waals surface area contributed by atoms with E-state index in [4.69, 9.17) is 4.74 Å². The molecule has 3 heteroatoms. The van der Waals surface area contributed by atoms with Crippen LogP contribution in [0.15, 0.2) is 48.7 Å². The van der Waals surface area contributed by atoms with Gasteiger partial charge in [-0.2, -0.15) is 0 Å². The third kappa shape index (κ3) is 1.85. The molecule has 2 heterocycles. The van der Waals surface area contributed by atoms with E-state index in [1.54, 1.807) is 6.20 Å². The Morgan fingerprint density at radius 3 is 2.90 bits per heavy atom. The number of aromatic amines is 1. The Morgan fingerprint density at radius 1 is 1.19 bits per heavy atom. The number of ether oxygens (including phenoxy) is 1. The summed E-state index contributed by atoms with van der Waals surface area (Å²) < 4.78 is 5.82. The van der Waals surface area contributed by atoms with Crippen LogP contribution in [0.4, 0.5) is 0 Å². The van der Waals surface area contributed by atoms with Gasteiger partial charge in [0.05, 0.1) is 0 Å². The largest absolute Gasteiger partial charge is 0.482 e. The van der Waals surface area contributed by atoms with E-state index in [9.17, 15) is 4.79 Å². The van der Waals surface area contributed by atoms with E-state index in [0.29, 0.717) is 6.42 Å². The maximum atomic E-state index is 12.8. The maximum Gasteiger partial charge on any atom is 0.205 e. The number of hydrogen-bond acceptors (Lipinski definition) is 2. The molecule has 1 aliphatic rings. The SMILES string of the molecule is Cc1cccc2[nH]cc(C(=O)C3Cc4ccccc4O3)c12. The van der Waals surface area contributed by atoms with E-state index in [1.165, 1.54) is 0 Å². The summed E-state index contributed by atoms with van der Waals surface area (Å²) in [5, 5.41) is 1.00. The molecule has 0 radical (unpaired) electrons. The smallest absolute Gasteiger partial charge is 0.205 e. The zero-order chi connectivity index (χ0) is 14.4. The number of ketones is 1. The number of Topliss-reactive ketones (excluding diaryl/α,β-unsaturated/α-hetero) is 1. The summed E-state index contributed by atoms with van der Waals surface area (Å²) in [5.41, 5.74) is 3.93. The van der Waals surface area contributed by atoms with Gasteiger partial charge in [-0.25, -0.2) is 0 Å². The van der Waals surface area contributed by atoms with Crippen molar-refractivity contribution in [1.29, 1.82) is 0 Å². The quantitative estimate of drug-likeness (QED) is 0.726. The molecular formula is C18H15NO2. The van der Waals surface area contributed by atoms with Crippen LogP contribution >= 0.6 is 0 Å². The predicted molar refractivity (Wildman–Crippen MR) is 81.9 cm³/mol. The Kier molecular flexibility index (Phi) is 2.61. The molecule has 1 N–H and O–H groups in total. The zero-order valence-corrected chi connectivity index (χ0v) is 11.7. The zero-order valence-electron chi connectivity index (χ0n) is 11.7. The van der Waals surface area contributed by atoms with Crippen LogP contribution in [0, 0.1) is 6.92 Å². The highest BCUT2D eigenvalue weighted by molar-refractivity contribution is 6.11. The lowest BCUT2D eigenvalue weighted by atomic mass is 9.99. The van der Waals surface area contributed by atoms with Gasteiger partial charge in [-0.15, -0.1) is 0 Å². The molecule has 21 heavy (non-hydrogen) atoms. The topological polar surface area (TPSA) is 42.1 Å². The van der Waals surface area contributed by atoms with Crippen molar-refractivity contribution in [3.05, 3.63) is 65.4 Å². The second-order valence-corrected chi connectivity index (χ2v) is 5.48. The summed E-state index contributed by atoms with van der Waals surface area (Å²) in [6.45, 7) is 2.03. The number of carbonyl (C=O) groups excluding carboxylic acids is 1. The lowest BCUT2D eigenvalue weighted by Crippen LogP contribution is -2.25. The van der Waals surface area contributed by atoms with E-state index in [0.717, 1.165) is 33.3 Å². The summed E-state index contributed by atoms with van der Waals surface area (Å²) >= 11 is 0. The van der Waals surface area contributed by atoms with Gasteiger partial charge in [0.15, 0.2) is 6.10 Å². The Bertz CT molecular complexity index is 822. The van der Waals surface area contributed by atoms with E-state index >= 15 is 0 Å². The number of H-pyrrole nitrogens is 1. The highest BCUT2D eigenvalue weighted by Gasteiger charge is 2.31. The van der Waals surface area contributed by atoms with Crippen molar-refractivity contribution in [2.75, 3.05) is 0 Å². The van der Waals surface area contributed by atoms with Gasteiger partial charge >= 0.3 is 0 Å². The summed E-state index contributed by atoms with van der Waals surface area (Å²) in [6.07, 6.45) is 2.03. The fourth-order valence-corrected chi connectivity index (χ4v) is 3.06. The average molecular weight is 277 g/mol. The standard InChI is InChI=1S/C18H15NO2/c1-11-5-4-7-14-17(11)13(10-19-14)18(20)16-9-12-6-2-3-8-15(12)21-16/h2-8,10,16,19H,9H2,1H3. The van der Waals surface area contributed by atoms with Crippen LogP contribution in [0.5, 0.6) is 5.75 Å². The molecule has 1 unspecified atom stereocenters. The fourth-order valence-electron chi connectivity index (χ4n) is 3.06. The fraction of sp³-hybridized carbons (Fsp3) is 0.167. The Balaban J connectivity index is 1.73. The Hall–Kier alpha value is -2.55. The number of aromatic nitrogens is 1. The third-order valence-corrected chi connectivity index (χ3v) is 4.12. The molecule has 0 saturated carbocycles. The lowest BCUT2D eigenvalue weighted by molar-refractivity contribution is 0.0826. The van der Waals surface area contributed by atoms with E-state index in [1.807, 2.05) is 49.4 Å². The molecule has 0 bridgehead atoms. The molecule has 104 valence electrons. The molecule has 0 amide bonds. The first-order chi connectivity index (χ1) is 10.2. The van der Waals surface area contributed by atoms with Gasteiger partial charge in [-0.1, -0.05) is 30.3 Å². The van der Waals surface area contributed by atoms with Crippen LogP contribution in [-0.4, -0.2) is 16.9 Å². The number of rotatable bonds is 2. The van der Waals surface area contributed by atoms with Gasteiger partial charge in [-0.05, 0) is 30.2 Å². The Morgan fingerprint density at radius 2 is 2.05 bits per heavy atom. The molecule has 1 aromatic heterocycles. The van der Waals surface area contributed by atoms with E-state index in [-0.39, 0.29) is 5.78 Å². The first-order valence-electron chi connectivity index (χ1n) is 7.09. The van der Waals surface area contributed by atoms with Gasteiger partial charge in [0, 0.05) is 29.1 Å². The minimum absolute atomic E-state index is 0.0479. The molecule has 0 fully saturated rings. The summed E-state index contributed by atoms with van der Waals surface area (Å²) in [7, 11) is 0. The number of carbonyl (C=O) groups is 1. The second-order valence-electron chi connectivity index (χ2n) is 5.48. The van der Waals surface area contributed by atoms with E-state index in [2.05, 4.69) is 4.98 Å². The molecule has 3 nitrogen and oxygen atoms in total. The summed E-state index contributed by atoms with van der Waals surface area (Å²) in [4.78, 5) is 16.0. The number of fused-ring (bicyclic) bond motifs is 2. The molecule has 0 saturated heterocycles. The van der Waals surface area contributed by atoms with Gasteiger partial charge in [-0.3, -0.25) is 4.79 Å². The van der Waals surface area contributed by atoms with Crippen LogP contribution in [0.3, 0.4) is 0 Å². The van der Waals surface area contributed by atoms with Crippen molar-refractivity contribution in [1.82, 2.24) is 4.98 Å². The molecule has 3 aromatic rings. The summed E-state index contributed by atoms with van der Waals surface area (Å²) in [5.74, 6) is 0.874. The number of hydrogen-bond donors (Lipinski definition) is 1. The van der Waals surface area contributed by atoms with Crippen molar-refractivity contribution < 1.29 is 9.53 Å². The average Bonchev–Trinajstić information content (AvgIpc) is 3.11. The van der Waals surface area contributed by atoms with Crippen LogP contribution < -0.4 is 4.74 Å². The van der Waals surface area contributed by atoms with E-state index < -0.39 is 6.10 Å². The lowest BCUT2D eigenvalue weighted by Gasteiger charge is -2.09. The molecule has 1 aliphatic heterocycles. The second kappa shape index (κ2) is 4.48. The third-order valence-electron chi connectivity index (χ3n) is 4.12. The summed E-state index contributed by atoms with van der Waals surface area (Å²) in [6, 6.07) is 13.9. The molecular weight excluding hydrogens is 262 g/mol. The van der Waals surface area contributed by atoms with Crippen molar-refractivity contribution in [3.63, 3.8) is 0 Å². The normalized spacial score (nSPS) is 16.7. The molecule has 1 atom stereocenters. The van der Waals surface area contributed by atoms with Gasteiger partial charge in [0.2, 0.25) is 5.78 Å². The number of nitrogens with one attached hydrogen (secondary N) is 1. The number of aryl methyl sites for hydroxylation is 1.